The molecule has 6 nitrogen and oxygen atoms in total. The Balaban J connectivity index is 1.81. The lowest BCUT2D eigenvalue weighted by Crippen LogP contribution is -2.47. The Labute approximate surface area is 177 Å². The van der Waals surface area contributed by atoms with Gasteiger partial charge in [0.2, 0.25) is 0 Å². The van der Waals surface area contributed by atoms with E-state index in [1.807, 2.05) is 13.0 Å². The molecule has 0 bridgehead atoms. The maximum atomic E-state index is 14.4. The Hall–Kier alpha value is -2.41. The van der Waals surface area contributed by atoms with Crippen LogP contribution in [0.5, 0.6) is 5.75 Å². The lowest BCUT2D eigenvalue weighted by Gasteiger charge is -2.35. The Morgan fingerprint density at radius 2 is 1.87 bits per heavy atom. The Kier molecular flexibility index (Phi) is 6.09. The van der Waals surface area contributed by atoms with E-state index in [0.717, 1.165) is 44.6 Å². The summed E-state index contributed by atoms with van der Waals surface area (Å²) in [6.07, 6.45) is 4.71. The summed E-state index contributed by atoms with van der Waals surface area (Å²) in [5, 5.41) is 4.73. The van der Waals surface area contributed by atoms with Crippen LogP contribution in [0.15, 0.2) is 23.0 Å². The van der Waals surface area contributed by atoms with Crippen LogP contribution in [0.1, 0.15) is 31.2 Å². The molecule has 0 unspecified atom stereocenters. The molecule has 0 atom stereocenters. The number of benzene rings is 1. The van der Waals surface area contributed by atoms with Crippen molar-refractivity contribution >= 4 is 5.69 Å². The van der Waals surface area contributed by atoms with E-state index < -0.39 is 5.82 Å². The van der Waals surface area contributed by atoms with Gasteiger partial charge in [-0.2, -0.15) is 5.10 Å². The number of aromatic nitrogens is 2. The standard InChI is InChI=1S/C23H31FN4O2/c1-16-21(18-8-9-20(30-3)19(24)14-18)25-28(15-17-6-4-5-7-17)23(29)22(16)27-12-10-26(2)11-13-27/h8-9,14,17H,4-7,10-13,15H2,1-3H3. The van der Waals surface area contributed by atoms with Gasteiger partial charge in [0, 0.05) is 43.9 Å². The SMILES string of the molecule is COc1ccc(-c2nn(CC3CCCC3)c(=O)c(N3CCN(C)CC3)c2C)cc1F. The summed E-state index contributed by atoms with van der Waals surface area (Å²) >= 11 is 0. The number of anilines is 1. The lowest BCUT2D eigenvalue weighted by molar-refractivity contribution is 0.311. The van der Waals surface area contributed by atoms with Crippen LogP contribution >= 0.6 is 0 Å². The number of methoxy groups -OCH3 is 1. The zero-order valence-corrected chi connectivity index (χ0v) is 18.2. The molecule has 7 heteroatoms. The quantitative estimate of drug-likeness (QED) is 0.751. The zero-order chi connectivity index (χ0) is 21.3. The zero-order valence-electron chi connectivity index (χ0n) is 18.2. The normalized spacial score (nSPS) is 18.2. The molecule has 1 aliphatic heterocycles. The summed E-state index contributed by atoms with van der Waals surface area (Å²) in [7, 11) is 3.55. The second-order valence-electron chi connectivity index (χ2n) is 8.60. The van der Waals surface area contributed by atoms with Crippen LogP contribution in [0.25, 0.3) is 11.3 Å². The Bertz CT molecular complexity index is 960. The summed E-state index contributed by atoms with van der Waals surface area (Å²) in [6.45, 7) is 5.99. The number of piperazine rings is 1. The van der Waals surface area contributed by atoms with Gasteiger partial charge in [-0.1, -0.05) is 12.8 Å². The van der Waals surface area contributed by atoms with Gasteiger partial charge in [0.15, 0.2) is 11.6 Å². The largest absolute Gasteiger partial charge is 0.494 e. The van der Waals surface area contributed by atoms with Crippen molar-refractivity contribution < 1.29 is 9.13 Å². The van der Waals surface area contributed by atoms with E-state index in [9.17, 15) is 9.18 Å². The first kappa shape index (κ1) is 20.8. The fraction of sp³-hybridized carbons (Fsp3) is 0.565. The van der Waals surface area contributed by atoms with Crippen LogP contribution in [0.2, 0.25) is 0 Å². The third-order valence-electron chi connectivity index (χ3n) is 6.52. The minimum atomic E-state index is -0.425. The molecule has 2 aromatic rings. The molecule has 2 fully saturated rings. The molecule has 1 aliphatic carbocycles. The van der Waals surface area contributed by atoms with Gasteiger partial charge < -0.3 is 14.5 Å². The van der Waals surface area contributed by atoms with Gasteiger partial charge in [0.05, 0.1) is 12.8 Å². The molecule has 30 heavy (non-hydrogen) atoms. The molecule has 2 aliphatic rings. The summed E-state index contributed by atoms with van der Waals surface area (Å²) < 4.78 is 21.1. The van der Waals surface area contributed by atoms with Crippen LogP contribution in [-0.2, 0) is 6.54 Å². The van der Waals surface area contributed by atoms with Crippen molar-refractivity contribution in [2.75, 3.05) is 45.2 Å². The van der Waals surface area contributed by atoms with Gasteiger partial charge in [-0.3, -0.25) is 4.79 Å². The highest BCUT2D eigenvalue weighted by Crippen LogP contribution is 2.31. The highest BCUT2D eigenvalue weighted by atomic mass is 19.1. The molecule has 0 radical (unpaired) electrons. The van der Waals surface area contributed by atoms with Gasteiger partial charge in [-0.15, -0.1) is 0 Å². The number of ether oxygens (including phenoxy) is 1. The maximum Gasteiger partial charge on any atom is 0.290 e. The second-order valence-corrected chi connectivity index (χ2v) is 8.60. The van der Waals surface area contributed by atoms with Crippen molar-refractivity contribution in [3.63, 3.8) is 0 Å². The predicted molar refractivity (Wildman–Crippen MR) is 117 cm³/mol. The maximum absolute atomic E-state index is 14.4. The number of likely N-dealkylation sites (N-methyl/N-ethyl adjacent to an activating group) is 1. The third-order valence-corrected chi connectivity index (χ3v) is 6.52. The second kappa shape index (κ2) is 8.76. The summed E-state index contributed by atoms with van der Waals surface area (Å²) in [6, 6.07) is 4.88. The smallest absolute Gasteiger partial charge is 0.290 e. The first-order valence-corrected chi connectivity index (χ1v) is 10.9. The number of hydrogen-bond donors (Lipinski definition) is 0. The Morgan fingerprint density at radius 1 is 1.17 bits per heavy atom. The molecule has 1 saturated carbocycles. The fourth-order valence-corrected chi connectivity index (χ4v) is 4.69. The van der Waals surface area contributed by atoms with Crippen molar-refractivity contribution in [2.45, 2.75) is 39.2 Å². The van der Waals surface area contributed by atoms with Crippen LogP contribution in [0, 0.1) is 18.7 Å². The Morgan fingerprint density at radius 3 is 2.50 bits per heavy atom. The van der Waals surface area contributed by atoms with Crippen molar-refractivity contribution in [1.29, 1.82) is 0 Å². The van der Waals surface area contributed by atoms with Crippen LogP contribution in [-0.4, -0.2) is 55.0 Å². The molecule has 0 spiro atoms. The number of nitrogens with zero attached hydrogens (tertiary/aromatic N) is 4. The molecule has 2 heterocycles. The number of rotatable bonds is 5. The third kappa shape index (κ3) is 4.08. The monoisotopic (exact) mass is 414 g/mol. The molecule has 4 rings (SSSR count). The van der Waals surface area contributed by atoms with Crippen molar-refractivity contribution in [3.05, 3.63) is 39.9 Å². The molecule has 1 saturated heterocycles. The molecular formula is C23H31FN4O2. The minimum absolute atomic E-state index is 0.0262. The van der Waals surface area contributed by atoms with Crippen LogP contribution in [0.3, 0.4) is 0 Å². The minimum Gasteiger partial charge on any atom is -0.494 e. The fourth-order valence-electron chi connectivity index (χ4n) is 4.69. The summed E-state index contributed by atoms with van der Waals surface area (Å²) in [4.78, 5) is 17.9. The van der Waals surface area contributed by atoms with Crippen LogP contribution < -0.4 is 15.2 Å². The average molecular weight is 415 g/mol. The number of halogens is 1. The number of hydrogen-bond acceptors (Lipinski definition) is 5. The van der Waals surface area contributed by atoms with Crippen LogP contribution in [0.4, 0.5) is 10.1 Å². The molecular weight excluding hydrogens is 383 g/mol. The van der Waals surface area contributed by atoms with E-state index in [0.29, 0.717) is 29.4 Å². The highest BCUT2D eigenvalue weighted by molar-refractivity contribution is 5.70. The van der Waals surface area contributed by atoms with E-state index in [1.165, 1.54) is 26.0 Å². The first-order chi connectivity index (χ1) is 14.5. The lowest BCUT2D eigenvalue weighted by atomic mass is 10.0. The van der Waals surface area contributed by atoms with E-state index in [4.69, 9.17) is 9.84 Å². The molecule has 0 N–H and O–H groups in total. The van der Waals surface area contributed by atoms with Gasteiger partial charge in [0.1, 0.15) is 5.69 Å². The summed E-state index contributed by atoms with van der Waals surface area (Å²) in [5.74, 6) is 0.263. The van der Waals surface area contributed by atoms with Crippen molar-refractivity contribution in [2.24, 2.45) is 5.92 Å². The van der Waals surface area contributed by atoms with Crippen molar-refractivity contribution in [1.82, 2.24) is 14.7 Å². The van der Waals surface area contributed by atoms with Gasteiger partial charge in [0.25, 0.3) is 5.56 Å². The molecule has 1 aromatic carbocycles. The molecule has 0 amide bonds. The molecule has 1 aromatic heterocycles. The van der Waals surface area contributed by atoms with E-state index in [1.54, 1.807) is 10.7 Å². The highest BCUT2D eigenvalue weighted by Gasteiger charge is 2.25. The van der Waals surface area contributed by atoms with E-state index >= 15 is 0 Å². The van der Waals surface area contributed by atoms with Gasteiger partial charge >= 0.3 is 0 Å². The summed E-state index contributed by atoms with van der Waals surface area (Å²) in [5.41, 5.74) is 2.84. The van der Waals surface area contributed by atoms with Gasteiger partial charge in [-0.05, 0) is 50.9 Å². The van der Waals surface area contributed by atoms with E-state index in [2.05, 4.69) is 16.8 Å². The topological polar surface area (TPSA) is 50.6 Å². The average Bonchev–Trinajstić information content (AvgIpc) is 3.24. The molecule has 162 valence electrons. The van der Waals surface area contributed by atoms with E-state index in [-0.39, 0.29) is 11.3 Å². The predicted octanol–water partition coefficient (Wildman–Crippen LogP) is 3.31. The van der Waals surface area contributed by atoms with Gasteiger partial charge in [-0.25, -0.2) is 9.07 Å². The first-order valence-electron chi connectivity index (χ1n) is 10.9. The van der Waals surface area contributed by atoms with Crippen molar-refractivity contribution in [3.8, 4) is 17.0 Å².